The van der Waals surface area contributed by atoms with Crippen molar-refractivity contribution >= 4 is 35.0 Å². The van der Waals surface area contributed by atoms with Gasteiger partial charge in [0.05, 0.1) is 5.41 Å². The van der Waals surface area contributed by atoms with Crippen molar-refractivity contribution < 1.29 is 4.79 Å². The fraction of sp³-hybridized carbons (Fsp3) is 0.385. The molecule has 1 amide bonds. The number of benzene rings is 1. The molecule has 3 heterocycles. The number of hydrogen-bond donors (Lipinski definition) is 1. The summed E-state index contributed by atoms with van der Waals surface area (Å²) in [7, 11) is 0. The first-order chi connectivity index (χ1) is 16.5. The number of nitrogens with one attached hydrogen (secondary N) is 1. The average Bonchev–Trinajstić information content (AvgIpc) is 3.36. The number of amides is 1. The van der Waals surface area contributed by atoms with Crippen molar-refractivity contribution in [2.24, 2.45) is 0 Å². The van der Waals surface area contributed by atoms with Gasteiger partial charge in [-0.1, -0.05) is 42.6 Å². The lowest BCUT2D eigenvalue weighted by Crippen LogP contribution is -2.54. The van der Waals surface area contributed by atoms with E-state index in [1.165, 1.54) is 0 Å². The normalized spacial score (nSPS) is 17.6. The number of nitrogens with zero attached hydrogens (tertiary/aromatic N) is 5. The zero-order valence-electron chi connectivity index (χ0n) is 19.4. The Morgan fingerprint density at radius 3 is 2.29 bits per heavy atom. The maximum absolute atomic E-state index is 13.7. The molecule has 0 atom stereocenters. The van der Waals surface area contributed by atoms with Gasteiger partial charge in [-0.15, -0.1) is 10.2 Å². The van der Waals surface area contributed by atoms with Gasteiger partial charge in [0.2, 0.25) is 5.91 Å². The summed E-state index contributed by atoms with van der Waals surface area (Å²) in [6.07, 6.45) is 3.98. The lowest BCUT2D eigenvalue weighted by atomic mass is 9.77. The molecule has 0 bridgehead atoms. The first kappa shape index (κ1) is 22.6. The number of carbonyl (C=O) groups is 1. The number of aryl methyl sites for hydroxylation is 1. The second kappa shape index (κ2) is 9.58. The topological polar surface area (TPSA) is 74.2 Å². The third-order valence-corrected chi connectivity index (χ3v) is 7.20. The second-order valence-corrected chi connectivity index (χ2v) is 9.58. The Morgan fingerprint density at radius 1 is 0.912 bits per heavy atom. The van der Waals surface area contributed by atoms with Crippen molar-refractivity contribution in [3.63, 3.8) is 0 Å². The number of aromatic nitrogens is 3. The van der Waals surface area contributed by atoms with Gasteiger partial charge >= 0.3 is 0 Å². The minimum atomic E-state index is -0.413. The molecule has 176 valence electrons. The quantitative estimate of drug-likeness (QED) is 0.573. The van der Waals surface area contributed by atoms with E-state index in [0.29, 0.717) is 23.9 Å². The summed E-state index contributed by atoms with van der Waals surface area (Å²) in [4.78, 5) is 22.4. The van der Waals surface area contributed by atoms with Crippen molar-refractivity contribution in [2.45, 2.75) is 38.0 Å². The molecule has 1 N–H and O–H groups in total. The van der Waals surface area contributed by atoms with E-state index >= 15 is 0 Å². The van der Waals surface area contributed by atoms with E-state index in [1.807, 2.05) is 66.4 Å². The van der Waals surface area contributed by atoms with Gasteiger partial charge in [0.15, 0.2) is 11.6 Å². The number of anilines is 3. The van der Waals surface area contributed by atoms with Crippen LogP contribution in [0.3, 0.4) is 0 Å². The van der Waals surface area contributed by atoms with Gasteiger partial charge in [-0.05, 0) is 61.7 Å². The molecule has 5 rings (SSSR count). The Balaban J connectivity index is 1.23. The van der Waals surface area contributed by atoms with E-state index in [0.717, 1.165) is 61.7 Å². The van der Waals surface area contributed by atoms with E-state index in [1.54, 1.807) is 0 Å². The first-order valence-corrected chi connectivity index (χ1v) is 12.3. The van der Waals surface area contributed by atoms with Gasteiger partial charge in [0.25, 0.3) is 0 Å². The highest BCUT2D eigenvalue weighted by Crippen LogP contribution is 2.43. The molecule has 0 radical (unpaired) electrons. The highest BCUT2D eigenvalue weighted by Gasteiger charge is 2.45. The molecule has 1 aromatic carbocycles. The number of piperazine rings is 1. The third-order valence-electron chi connectivity index (χ3n) is 6.95. The fourth-order valence-corrected chi connectivity index (χ4v) is 5.25. The number of halogens is 1. The van der Waals surface area contributed by atoms with E-state index in [2.05, 4.69) is 25.4 Å². The molecule has 1 aliphatic heterocycles. The smallest absolute Gasteiger partial charge is 0.233 e. The lowest BCUT2D eigenvalue weighted by molar-refractivity contribution is -0.137. The summed E-state index contributed by atoms with van der Waals surface area (Å²) in [6, 6.07) is 17.5. The molecule has 0 spiro atoms. The van der Waals surface area contributed by atoms with Gasteiger partial charge in [-0.2, -0.15) is 0 Å². The summed E-state index contributed by atoms with van der Waals surface area (Å²) in [5.41, 5.74) is 1.63. The van der Waals surface area contributed by atoms with Crippen molar-refractivity contribution in [3.8, 4) is 0 Å². The van der Waals surface area contributed by atoms with Gasteiger partial charge in [-0.25, -0.2) is 4.98 Å². The highest BCUT2D eigenvalue weighted by atomic mass is 35.5. The molecule has 1 aliphatic carbocycles. The predicted octanol–water partition coefficient (Wildman–Crippen LogP) is 4.74. The SMILES string of the molecule is Cc1cccc(Nc2ccc(N3CCN(C(=O)C4(c5ccc(Cl)cc5)CCCC4)CC3)nn2)n1. The molecule has 2 aliphatic rings. The number of carbonyl (C=O) groups excluding carboxylic acids is 1. The van der Waals surface area contributed by atoms with Crippen molar-refractivity contribution in [2.75, 3.05) is 36.4 Å². The molecule has 3 aromatic rings. The minimum absolute atomic E-state index is 0.253. The standard InChI is InChI=1S/C26H29ClN6O/c1-19-5-4-6-22(28-19)29-23-11-12-24(31-30-23)32-15-17-33(18-16-32)25(34)26(13-2-3-14-26)20-7-9-21(27)10-8-20/h4-12H,2-3,13-18H2,1H3,(H,28,29,30). The van der Waals surface area contributed by atoms with Crippen LogP contribution in [0.1, 0.15) is 36.9 Å². The Kier molecular flexibility index (Phi) is 6.37. The number of pyridine rings is 1. The van der Waals surface area contributed by atoms with Crippen molar-refractivity contribution in [1.82, 2.24) is 20.1 Å². The van der Waals surface area contributed by atoms with Gasteiger partial charge in [0.1, 0.15) is 5.82 Å². The van der Waals surface area contributed by atoms with Crippen LogP contribution in [0.2, 0.25) is 5.02 Å². The van der Waals surface area contributed by atoms with Gasteiger partial charge < -0.3 is 15.1 Å². The van der Waals surface area contributed by atoms with Crippen LogP contribution in [0.4, 0.5) is 17.5 Å². The van der Waals surface area contributed by atoms with E-state index in [4.69, 9.17) is 11.6 Å². The number of rotatable bonds is 5. The molecule has 2 fully saturated rings. The third kappa shape index (κ3) is 4.57. The molecular formula is C26H29ClN6O. The number of hydrogen-bond acceptors (Lipinski definition) is 6. The minimum Gasteiger partial charge on any atom is -0.352 e. The van der Waals surface area contributed by atoms with E-state index in [-0.39, 0.29) is 5.91 Å². The summed E-state index contributed by atoms with van der Waals surface area (Å²) in [5, 5.41) is 12.6. The summed E-state index contributed by atoms with van der Waals surface area (Å²) in [6.45, 7) is 4.80. The van der Waals surface area contributed by atoms with Crippen molar-refractivity contribution in [3.05, 3.63) is 70.9 Å². The zero-order chi connectivity index (χ0) is 23.5. The Bertz CT molecular complexity index is 1140. The largest absolute Gasteiger partial charge is 0.352 e. The highest BCUT2D eigenvalue weighted by molar-refractivity contribution is 6.30. The Hall–Kier alpha value is -3.19. The van der Waals surface area contributed by atoms with Crippen LogP contribution in [-0.2, 0) is 10.2 Å². The molecule has 0 unspecified atom stereocenters. The molecule has 7 nitrogen and oxygen atoms in total. The first-order valence-electron chi connectivity index (χ1n) is 11.9. The Morgan fingerprint density at radius 2 is 1.65 bits per heavy atom. The summed E-state index contributed by atoms with van der Waals surface area (Å²) >= 11 is 6.10. The predicted molar refractivity (Wildman–Crippen MR) is 135 cm³/mol. The molecule has 1 saturated carbocycles. The van der Waals surface area contributed by atoms with Crippen LogP contribution in [0, 0.1) is 6.92 Å². The fourth-order valence-electron chi connectivity index (χ4n) is 5.12. The lowest BCUT2D eigenvalue weighted by Gasteiger charge is -2.40. The Labute approximate surface area is 205 Å². The molecular weight excluding hydrogens is 448 g/mol. The molecule has 1 saturated heterocycles. The van der Waals surface area contributed by atoms with Crippen LogP contribution in [0.15, 0.2) is 54.6 Å². The average molecular weight is 477 g/mol. The van der Waals surface area contributed by atoms with Crippen LogP contribution >= 0.6 is 11.6 Å². The summed E-state index contributed by atoms with van der Waals surface area (Å²) in [5.74, 6) is 2.48. The molecule has 8 heteroatoms. The zero-order valence-corrected chi connectivity index (χ0v) is 20.1. The van der Waals surface area contributed by atoms with Gasteiger partial charge in [-0.3, -0.25) is 4.79 Å². The van der Waals surface area contributed by atoms with Crippen LogP contribution in [-0.4, -0.2) is 52.2 Å². The van der Waals surface area contributed by atoms with Gasteiger partial charge in [0, 0.05) is 36.9 Å². The summed E-state index contributed by atoms with van der Waals surface area (Å²) < 4.78 is 0. The van der Waals surface area contributed by atoms with E-state index < -0.39 is 5.41 Å². The molecule has 34 heavy (non-hydrogen) atoms. The van der Waals surface area contributed by atoms with Crippen LogP contribution < -0.4 is 10.2 Å². The van der Waals surface area contributed by atoms with Crippen LogP contribution in [0.25, 0.3) is 0 Å². The maximum Gasteiger partial charge on any atom is 0.233 e. The molecule has 2 aromatic heterocycles. The van der Waals surface area contributed by atoms with E-state index in [9.17, 15) is 4.79 Å². The monoisotopic (exact) mass is 476 g/mol. The van der Waals surface area contributed by atoms with Crippen molar-refractivity contribution in [1.29, 1.82) is 0 Å². The maximum atomic E-state index is 13.7. The van der Waals surface area contributed by atoms with Crippen LogP contribution in [0.5, 0.6) is 0 Å². The second-order valence-electron chi connectivity index (χ2n) is 9.14.